The summed E-state index contributed by atoms with van der Waals surface area (Å²) < 4.78 is 1.48. The zero-order valence-corrected chi connectivity index (χ0v) is 8.77. The summed E-state index contributed by atoms with van der Waals surface area (Å²) in [6.07, 6.45) is 1.79. The van der Waals surface area contributed by atoms with Gasteiger partial charge in [-0.15, -0.1) is 5.10 Å². The van der Waals surface area contributed by atoms with E-state index in [1.807, 2.05) is 19.9 Å². The Balaban J connectivity index is 2.37. The first kappa shape index (κ1) is 11.2. The van der Waals surface area contributed by atoms with E-state index >= 15 is 0 Å². The molecule has 6 heteroatoms. The van der Waals surface area contributed by atoms with E-state index in [0.717, 1.165) is 0 Å². The lowest BCUT2D eigenvalue weighted by atomic mass is 10.3. The second kappa shape index (κ2) is 5.10. The molecule has 1 amide bonds. The molecule has 0 atom stereocenters. The molecule has 1 aromatic rings. The normalized spacial score (nSPS) is 10.0. The van der Waals surface area contributed by atoms with Gasteiger partial charge in [-0.2, -0.15) is 5.26 Å². The lowest BCUT2D eigenvalue weighted by molar-refractivity contribution is -0.121. The third-order valence-electron chi connectivity index (χ3n) is 1.65. The van der Waals surface area contributed by atoms with Crippen molar-refractivity contribution in [2.75, 3.05) is 0 Å². The van der Waals surface area contributed by atoms with Crippen LogP contribution in [0.3, 0.4) is 0 Å². The molecule has 0 aliphatic carbocycles. The fraction of sp³-hybridized carbons (Fsp3) is 0.556. The van der Waals surface area contributed by atoms with Crippen molar-refractivity contribution in [1.82, 2.24) is 20.1 Å². The average molecular weight is 207 g/mol. The number of rotatable bonds is 4. The molecule has 0 unspecified atom stereocenters. The number of nitrogens with zero attached hydrogens (tertiary/aromatic N) is 4. The van der Waals surface area contributed by atoms with Crippen LogP contribution in [0, 0.1) is 11.3 Å². The lowest BCUT2D eigenvalue weighted by Gasteiger charge is -2.07. The van der Waals surface area contributed by atoms with E-state index in [1.165, 1.54) is 11.0 Å². The van der Waals surface area contributed by atoms with Gasteiger partial charge in [0.05, 0.1) is 6.54 Å². The SMILES string of the molecule is CC(C)NC(=O)CCn1cnc(C#N)n1. The Kier molecular flexibility index (Phi) is 3.80. The molecule has 15 heavy (non-hydrogen) atoms. The third-order valence-corrected chi connectivity index (χ3v) is 1.65. The molecule has 0 fully saturated rings. The number of nitrogens with one attached hydrogen (secondary N) is 1. The van der Waals surface area contributed by atoms with Gasteiger partial charge in [0.1, 0.15) is 12.4 Å². The molecule has 0 radical (unpaired) electrons. The fourth-order valence-corrected chi connectivity index (χ4v) is 1.06. The minimum atomic E-state index is -0.0287. The highest BCUT2D eigenvalue weighted by molar-refractivity contribution is 5.75. The molecule has 0 saturated carbocycles. The second-order valence-electron chi connectivity index (χ2n) is 3.42. The van der Waals surface area contributed by atoms with E-state index in [2.05, 4.69) is 15.4 Å². The second-order valence-corrected chi connectivity index (χ2v) is 3.42. The zero-order valence-electron chi connectivity index (χ0n) is 8.77. The number of carbonyl (C=O) groups is 1. The van der Waals surface area contributed by atoms with Gasteiger partial charge in [0, 0.05) is 12.5 Å². The maximum Gasteiger partial charge on any atom is 0.252 e. The van der Waals surface area contributed by atoms with Gasteiger partial charge in [-0.05, 0) is 13.8 Å². The molecule has 1 rings (SSSR count). The first-order chi connectivity index (χ1) is 7.11. The van der Waals surface area contributed by atoms with Crippen LogP contribution in [0.1, 0.15) is 26.1 Å². The summed E-state index contributed by atoms with van der Waals surface area (Å²) >= 11 is 0. The number of hydrogen-bond donors (Lipinski definition) is 1. The van der Waals surface area contributed by atoms with Crippen LogP contribution in [0.15, 0.2) is 6.33 Å². The van der Waals surface area contributed by atoms with Crippen LogP contribution in [0.2, 0.25) is 0 Å². The van der Waals surface area contributed by atoms with Gasteiger partial charge < -0.3 is 5.32 Å². The Morgan fingerprint density at radius 3 is 3.00 bits per heavy atom. The van der Waals surface area contributed by atoms with E-state index in [-0.39, 0.29) is 17.8 Å². The van der Waals surface area contributed by atoms with Crippen molar-refractivity contribution in [3.63, 3.8) is 0 Å². The monoisotopic (exact) mass is 207 g/mol. The number of aromatic nitrogens is 3. The van der Waals surface area contributed by atoms with Crippen LogP contribution in [0.5, 0.6) is 0 Å². The van der Waals surface area contributed by atoms with Crippen molar-refractivity contribution in [2.24, 2.45) is 0 Å². The van der Waals surface area contributed by atoms with Gasteiger partial charge in [0.2, 0.25) is 5.91 Å². The fourth-order valence-electron chi connectivity index (χ4n) is 1.06. The summed E-state index contributed by atoms with van der Waals surface area (Å²) in [4.78, 5) is 15.0. The molecule has 0 saturated heterocycles. The molecule has 6 nitrogen and oxygen atoms in total. The predicted octanol–water partition coefficient (Wildman–Crippen LogP) is 0.0645. The maximum absolute atomic E-state index is 11.3. The summed E-state index contributed by atoms with van der Waals surface area (Å²) in [7, 11) is 0. The quantitative estimate of drug-likeness (QED) is 0.757. The maximum atomic E-state index is 11.3. The molecule has 0 aliphatic heterocycles. The Morgan fingerprint density at radius 2 is 2.47 bits per heavy atom. The van der Waals surface area contributed by atoms with Crippen molar-refractivity contribution < 1.29 is 4.79 Å². The first-order valence-electron chi connectivity index (χ1n) is 4.70. The minimum absolute atomic E-state index is 0.0287. The largest absolute Gasteiger partial charge is 0.354 e. The summed E-state index contributed by atoms with van der Waals surface area (Å²) in [5.74, 6) is 0.0956. The lowest BCUT2D eigenvalue weighted by Crippen LogP contribution is -2.30. The van der Waals surface area contributed by atoms with Crippen LogP contribution in [0.25, 0.3) is 0 Å². The van der Waals surface area contributed by atoms with Gasteiger partial charge in [-0.1, -0.05) is 0 Å². The summed E-state index contributed by atoms with van der Waals surface area (Å²) in [6, 6.07) is 1.97. The van der Waals surface area contributed by atoms with E-state index in [1.54, 1.807) is 0 Å². The smallest absolute Gasteiger partial charge is 0.252 e. The van der Waals surface area contributed by atoms with Gasteiger partial charge in [-0.3, -0.25) is 9.48 Å². The Bertz CT molecular complexity index is 376. The Morgan fingerprint density at radius 1 is 1.73 bits per heavy atom. The Hall–Kier alpha value is -1.90. The molecule has 0 aliphatic rings. The van der Waals surface area contributed by atoms with E-state index in [0.29, 0.717) is 13.0 Å². The molecule has 1 N–H and O–H groups in total. The van der Waals surface area contributed by atoms with E-state index in [4.69, 9.17) is 5.26 Å². The van der Waals surface area contributed by atoms with Crippen LogP contribution in [0.4, 0.5) is 0 Å². The van der Waals surface area contributed by atoms with Crippen molar-refractivity contribution in [3.8, 4) is 6.07 Å². The predicted molar refractivity (Wildman–Crippen MR) is 52.6 cm³/mol. The summed E-state index contributed by atoms with van der Waals surface area (Å²) in [5, 5.41) is 15.1. The van der Waals surface area contributed by atoms with Crippen molar-refractivity contribution >= 4 is 5.91 Å². The molecule has 0 aromatic carbocycles. The number of hydrogen-bond acceptors (Lipinski definition) is 4. The molecule has 0 spiro atoms. The summed E-state index contributed by atoms with van der Waals surface area (Å²) in [6.45, 7) is 4.25. The number of aryl methyl sites for hydroxylation is 1. The molecule has 80 valence electrons. The van der Waals surface area contributed by atoms with Crippen molar-refractivity contribution in [3.05, 3.63) is 12.2 Å². The van der Waals surface area contributed by atoms with E-state index in [9.17, 15) is 4.79 Å². The molecular weight excluding hydrogens is 194 g/mol. The summed E-state index contributed by atoms with van der Waals surface area (Å²) in [5.41, 5.74) is 0. The molecule has 0 bridgehead atoms. The van der Waals surface area contributed by atoms with Crippen LogP contribution in [-0.2, 0) is 11.3 Å². The highest BCUT2D eigenvalue weighted by atomic mass is 16.1. The van der Waals surface area contributed by atoms with Crippen molar-refractivity contribution in [2.45, 2.75) is 32.9 Å². The van der Waals surface area contributed by atoms with Gasteiger partial charge in [0.15, 0.2) is 0 Å². The number of nitriles is 1. The first-order valence-corrected chi connectivity index (χ1v) is 4.70. The number of carbonyl (C=O) groups excluding carboxylic acids is 1. The molecule has 1 aromatic heterocycles. The van der Waals surface area contributed by atoms with Gasteiger partial charge >= 0.3 is 0 Å². The molecule has 1 heterocycles. The number of amides is 1. The topological polar surface area (TPSA) is 83.6 Å². The third kappa shape index (κ3) is 3.77. The zero-order chi connectivity index (χ0) is 11.3. The standard InChI is InChI=1S/C9H13N5O/c1-7(2)12-9(15)3-4-14-6-11-8(5-10)13-14/h6-7H,3-4H2,1-2H3,(H,12,15). The minimum Gasteiger partial charge on any atom is -0.354 e. The van der Waals surface area contributed by atoms with Crippen LogP contribution in [-0.4, -0.2) is 26.7 Å². The van der Waals surface area contributed by atoms with Gasteiger partial charge in [0.25, 0.3) is 5.82 Å². The van der Waals surface area contributed by atoms with Gasteiger partial charge in [-0.25, -0.2) is 4.98 Å². The van der Waals surface area contributed by atoms with Crippen LogP contribution >= 0.6 is 0 Å². The van der Waals surface area contributed by atoms with E-state index < -0.39 is 0 Å². The highest BCUT2D eigenvalue weighted by Crippen LogP contribution is 1.91. The van der Waals surface area contributed by atoms with Crippen LogP contribution < -0.4 is 5.32 Å². The average Bonchev–Trinajstić information content (AvgIpc) is 2.61. The highest BCUT2D eigenvalue weighted by Gasteiger charge is 2.04. The Labute approximate surface area is 87.9 Å². The molecular formula is C9H13N5O. The van der Waals surface area contributed by atoms with Crippen molar-refractivity contribution in [1.29, 1.82) is 5.26 Å².